The van der Waals surface area contributed by atoms with E-state index in [9.17, 15) is 24.3 Å². The predicted octanol–water partition coefficient (Wildman–Crippen LogP) is -0.374. The van der Waals surface area contributed by atoms with Crippen LogP contribution in [-0.4, -0.2) is 67.4 Å². The monoisotopic (exact) mass is 351 g/mol. The van der Waals surface area contributed by atoms with Crippen molar-refractivity contribution in [3.05, 3.63) is 0 Å². The molecule has 0 fully saturated rings. The van der Waals surface area contributed by atoms with Gasteiger partial charge in [0.25, 0.3) is 11.5 Å². The highest BCUT2D eigenvalue weighted by Gasteiger charge is 2.53. The second-order valence-electron chi connectivity index (χ2n) is 4.92. The van der Waals surface area contributed by atoms with E-state index in [1.54, 1.807) is 0 Å². The molecule has 0 aliphatic rings. The number of carbonyl (C=O) groups excluding carboxylic acids is 1. The van der Waals surface area contributed by atoms with Crippen molar-refractivity contribution in [1.82, 2.24) is 5.32 Å². The molecule has 0 saturated carbocycles. The Hall–Kier alpha value is -1.81. The van der Waals surface area contributed by atoms with Crippen LogP contribution in [0.15, 0.2) is 0 Å². The number of aliphatic carboxylic acids is 3. The Bertz CT molecular complexity index is 469. The second kappa shape index (κ2) is 9.36. The summed E-state index contributed by atoms with van der Waals surface area (Å²) in [5.74, 6) is -8.06. The van der Waals surface area contributed by atoms with Crippen molar-refractivity contribution in [2.24, 2.45) is 5.92 Å². The molecular formula is C13H21NO8S. The number of hydrogen-bond acceptors (Lipinski definition) is 6. The number of rotatable bonds is 11. The Morgan fingerprint density at radius 1 is 1.13 bits per heavy atom. The van der Waals surface area contributed by atoms with Crippen LogP contribution in [0.3, 0.4) is 0 Å². The average Bonchev–Trinajstić information content (AvgIpc) is 2.47. The zero-order chi connectivity index (χ0) is 18.2. The van der Waals surface area contributed by atoms with Crippen molar-refractivity contribution in [3.63, 3.8) is 0 Å². The first-order chi connectivity index (χ1) is 10.6. The minimum atomic E-state index is -3.26. The molecule has 3 unspecified atom stereocenters. The van der Waals surface area contributed by atoms with Crippen LogP contribution in [0.1, 0.15) is 26.7 Å². The lowest BCUT2D eigenvalue weighted by molar-refractivity contribution is -0.179. The molecule has 0 rings (SSSR count). The average molecular weight is 351 g/mol. The Kier molecular flexibility index (Phi) is 8.62. The second-order valence-corrected chi connectivity index (χ2v) is 6.07. The molecule has 9 nitrogen and oxygen atoms in total. The van der Waals surface area contributed by atoms with Crippen molar-refractivity contribution in [2.75, 3.05) is 11.5 Å². The van der Waals surface area contributed by atoms with Gasteiger partial charge in [-0.3, -0.25) is 9.59 Å². The molecule has 0 saturated heterocycles. The normalized spacial score (nSPS) is 16.0. The topological polar surface area (TPSA) is 161 Å². The molecule has 0 bridgehead atoms. The molecule has 0 heterocycles. The quantitative estimate of drug-likeness (QED) is 0.247. The van der Waals surface area contributed by atoms with Crippen LogP contribution < -0.4 is 5.32 Å². The van der Waals surface area contributed by atoms with E-state index < -0.39 is 41.4 Å². The molecular weight excluding hydrogens is 330 g/mol. The minimum Gasteiger partial charge on any atom is -0.481 e. The minimum absolute atomic E-state index is 0.0295. The van der Waals surface area contributed by atoms with Crippen molar-refractivity contribution in [2.45, 2.75) is 38.3 Å². The van der Waals surface area contributed by atoms with Gasteiger partial charge in [0.15, 0.2) is 0 Å². The van der Waals surface area contributed by atoms with E-state index in [-0.39, 0.29) is 5.75 Å². The molecule has 5 N–H and O–H groups in total. The zero-order valence-corrected chi connectivity index (χ0v) is 13.6. The summed E-state index contributed by atoms with van der Waals surface area (Å²) in [6, 6.07) is -1.43. The third-order valence-corrected chi connectivity index (χ3v) is 4.35. The van der Waals surface area contributed by atoms with Crippen molar-refractivity contribution < 1.29 is 39.6 Å². The maximum absolute atomic E-state index is 12.0. The maximum Gasteiger partial charge on any atom is 0.346 e. The van der Waals surface area contributed by atoms with Gasteiger partial charge in [0.05, 0.1) is 0 Å². The van der Waals surface area contributed by atoms with Gasteiger partial charge in [-0.2, -0.15) is 11.8 Å². The summed E-state index contributed by atoms with van der Waals surface area (Å²) in [6.07, 6.45) is 1.76. The summed E-state index contributed by atoms with van der Waals surface area (Å²) in [5.41, 5.74) is -3.26. The fourth-order valence-electron chi connectivity index (χ4n) is 1.55. The van der Waals surface area contributed by atoms with Gasteiger partial charge < -0.3 is 25.7 Å². The molecule has 0 aromatic heterocycles. The SMILES string of the molecule is CCCCSCC(NC(=O)C(O)(C(=O)O)C(C)C(=O)O)C(=O)O. The first kappa shape index (κ1) is 21.2. The predicted molar refractivity (Wildman–Crippen MR) is 81.2 cm³/mol. The van der Waals surface area contributed by atoms with Crippen molar-refractivity contribution >= 4 is 35.6 Å². The Morgan fingerprint density at radius 2 is 1.70 bits per heavy atom. The van der Waals surface area contributed by atoms with Gasteiger partial charge in [-0.05, 0) is 19.1 Å². The van der Waals surface area contributed by atoms with E-state index in [4.69, 9.17) is 15.3 Å². The lowest BCUT2D eigenvalue weighted by atomic mass is 9.87. The lowest BCUT2D eigenvalue weighted by Gasteiger charge is -2.27. The third kappa shape index (κ3) is 5.71. The fraction of sp³-hybridized carbons (Fsp3) is 0.692. The highest BCUT2D eigenvalue weighted by Crippen LogP contribution is 2.19. The van der Waals surface area contributed by atoms with Crippen LogP contribution in [-0.2, 0) is 19.2 Å². The van der Waals surface area contributed by atoms with Gasteiger partial charge in [-0.1, -0.05) is 13.3 Å². The summed E-state index contributed by atoms with van der Waals surface area (Å²) >= 11 is 1.25. The van der Waals surface area contributed by atoms with Crippen LogP contribution in [0.5, 0.6) is 0 Å². The number of thioether (sulfide) groups is 1. The van der Waals surface area contributed by atoms with Gasteiger partial charge in [0.1, 0.15) is 12.0 Å². The van der Waals surface area contributed by atoms with Gasteiger partial charge in [0, 0.05) is 5.75 Å². The van der Waals surface area contributed by atoms with Crippen LogP contribution in [0.25, 0.3) is 0 Å². The summed E-state index contributed by atoms with van der Waals surface area (Å²) in [4.78, 5) is 45.1. The molecule has 0 aliphatic carbocycles. The Labute approximate surface area is 137 Å². The number of nitrogens with one attached hydrogen (secondary N) is 1. The maximum atomic E-state index is 12.0. The summed E-state index contributed by atoms with van der Waals surface area (Å²) in [7, 11) is 0. The number of hydrogen-bond donors (Lipinski definition) is 5. The first-order valence-corrected chi connectivity index (χ1v) is 8.04. The van der Waals surface area contributed by atoms with Crippen LogP contribution in [0.4, 0.5) is 0 Å². The van der Waals surface area contributed by atoms with Crippen LogP contribution in [0.2, 0.25) is 0 Å². The van der Waals surface area contributed by atoms with E-state index in [2.05, 4.69) is 0 Å². The molecule has 3 atom stereocenters. The number of aliphatic hydroxyl groups is 1. The first-order valence-electron chi connectivity index (χ1n) is 6.89. The summed E-state index contributed by atoms with van der Waals surface area (Å²) in [5, 5.41) is 38.7. The summed E-state index contributed by atoms with van der Waals surface area (Å²) < 4.78 is 0. The zero-order valence-electron chi connectivity index (χ0n) is 12.8. The Morgan fingerprint density at radius 3 is 2.09 bits per heavy atom. The van der Waals surface area contributed by atoms with Crippen molar-refractivity contribution in [3.8, 4) is 0 Å². The number of carboxylic acids is 3. The molecule has 10 heteroatoms. The molecule has 132 valence electrons. The van der Waals surface area contributed by atoms with E-state index in [0.717, 1.165) is 19.8 Å². The van der Waals surface area contributed by atoms with E-state index in [1.165, 1.54) is 11.8 Å². The molecule has 23 heavy (non-hydrogen) atoms. The van der Waals surface area contributed by atoms with Crippen LogP contribution >= 0.6 is 11.8 Å². The van der Waals surface area contributed by atoms with Crippen molar-refractivity contribution in [1.29, 1.82) is 0 Å². The highest BCUT2D eigenvalue weighted by atomic mass is 32.2. The molecule has 0 aromatic carbocycles. The van der Waals surface area contributed by atoms with Gasteiger partial charge in [-0.25, -0.2) is 9.59 Å². The lowest BCUT2D eigenvalue weighted by Crippen LogP contribution is -2.61. The van der Waals surface area contributed by atoms with Gasteiger partial charge >= 0.3 is 17.9 Å². The number of amides is 1. The van der Waals surface area contributed by atoms with Gasteiger partial charge in [0.2, 0.25) is 0 Å². The molecule has 0 spiro atoms. The largest absolute Gasteiger partial charge is 0.481 e. The highest BCUT2D eigenvalue weighted by molar-refractivity contribution is 7.99. The standard InChI is InChI=1S/C13H21NO8S/c1-3-4-5-23-6-8(10(17)18)14-11(19)13(22,12(20)21)7(2)9(15)16/h7-8,22H,3-6H2,1-2H3,(H,14,19)(H,15,16)(H,17,18)(H,20,21). The molecule has 0 radical (unpaired) electrons. The van der Waals surface area contributed by atoms with Crippen LogP contribution in [0, 0.1) is 5.92 Å². The third-order valence-electron chi connectivity index (χ3n) is 3.20. The van der Waals surface area contributed by atoms with Gasteiger partial charge in [-0.15, -0.1) is 0 Å². The van der Waals surface area contributed by atoms with E-state index in [1.807, 2.05) is 12.2 Å². The number of unbranched alkanes of at least 4 members (excludes halogenated alkanes) is 1. The number of carboxylic acid groups (broad SMARTS) is 3. The van der Waals surface area contributed by atoms with E-state index >= 15 is 0 Å². The Balaban J connectivity index is 5.09. The fourth-order valence-corrected chi connectivity index (χ4v) is 2.67. The number of carbonyl (C=O) groups is 4. The molecule has 0 aliphatic heterocycles. The molecule has 0 aromatic rings. The van der Waals surface area contributed by atoms with E-state index in [0.29, 0.717) is 5.75 Å². The smallest absolute Gasteiger partial charge is 0.346 e. The summed E-state index contributed by atoms with van der Waals surface area (Å²) in [6.45, 7) is 2.80. The molecule has 1 amide bonds.